The van der Waals surface area contributed by atoms with Crippen LogP contribution < -0.4 is 5.32 Å². The molecule has 0 spiro atoms. The lowest BCUT2D eigenvalue weighted by molar-refractivity contribution is 0.207. The van der Waals surface area contributed by atoms with E-state index in [-0.39, 0.29) is 12.1 Å². The number of carbonyl (C=O) groups excluding carboxylic acids is 1. The Morgan fingerprint density at radius 2 is 2.00 bits per heavy atom. The van der Waals surface area contributed by atoms with E-state index in [4.69, 9.17) is 0 Å². The van der Waals surface area contributed by atoms with E-state index in [1.54, 1.807) is 19.0 Å². The number of likely N-dealkylation sites (tertiary alicyclic amines) is 1. The minimum atomic E-state index is -0.00726. The van der Waals surface area contributed by atoms with Gasteiger partial charge in [-0.1, -0.05) is 30.3 Å². The number of thiophene rings is 1. The lowest BCUT2D eigenvalue weighted by Crippen LogP contribution is -2.39. The minimum absolute atomic E-state index is 0.00726. The van der Waals surface area contributed by atoms with Gasteiger partial charge in [0.15, 0.2) is 0 Å². The zero-order valence-corrected chi connectivity index (χ0v) is 14.9. The molecule has 0 saturated carbocycles. The van der Waals surface area contributed by atoms with Crippen LogP contribution in [0.2, 0.25) is 0 Å². The third-order valence-electron chi connectivity index (χ3n) is 5.24. The number of carbonyl (C=O) groups is 1. The Morgan fingerprint density at radius 3 is 2.71 bits per heavy atom. The van der Waals surface area contributed by atoms with Crippen molar-refractivity contribution < 1.29 is 4.79 Å². The molecule has 0 unspecified atom stereocenters. The summed E-state index contributed by atoms with van der Waals surface area (Å²) in [6.45, 7) is 3.13. The average molecular weight is 341 g/mol. The summed E-state index contributed by atoms with van der Waals surface area (Å²) in [5.74, 6) is 0.986. The first-order valence-corrected chi connectivity index (χ1v) is 9.33. The molecule has 0 bridgehead atoms. The zero-order valence-electron chi connectivity index (χ0n) is 14.1. The van der Waals surface area contributed by atoms with Crippen LogP contribution in [0.5, 0.6) is 0 Å². The zero-order chi connectivity index (χ0) is 16.7. The largest absolute Gasteiger partial charge is 0.331 e. The molecule has 1 N–H and O–H groups in total. The first-order valence-electron chi connectivity index (χ1n) is 8.45. The second-order valence-corrected chi connectivity index (χ2v) is 8.03. The number of fused-ring (bicyclic) bond motifs is 3. The van der Waals surface area contributed by atoms with Crippen molar-refractivity contribution in [1.29, 1.82) is 0 Å². The fraction of sp³-hybridized carbons (Fsp3) is 0.421. The molecule has 4 rings (SSSR count). The van der Waals surface area contributed by atoms with Crippen LogP contribution >= 0.6 is 11.3 Å². The molecule has 1 fully saturated rings. The lowest BCUT2D eigenvalue weighted by atomic mass is 9.94. The molecule has 1 aliphatic heterocycles. The van der Waals surface area contributed by atoms with Crippen LogP contribution in [0.15, 0.2) is 41.8 Å². The number of urea groups is 1. The number of amides is 2. The Kier molecular flexibility index (Phi) is 4.06. The van der Waals surface area contributed by atoms with Gasteiger partial charge in [-0.15, -0.1) is 11.3 Å². The maximum absolute atomic E-state index is 12.2. The molecule has 2 heterocycles. The third-order valence-corrected chi connectivity index (χ3v) is 6.11. The van der Waals surface area contributed by atoms with Crippen LogP contribution in [0.3, 0.4) is 0 Å². The number of rotatable bonds is 3. The van der Waals surface area contributed by atoms with Crippen LogP contribution in [0.4, 0.5) is 4.79 Å². The summed E-state index contributed by atoms with van der Waals surface area (Å²) in [6.07, 6.45) is 0. The van der Waals surface area contributed by atoms with Gasteiger partial charge in [0.25, 0.3) is 0 Å². The highest BCUT2D eigenvalue weighted by Crippen LogP contribution is 2.49. The average Bonchev–Trinajstić information content (AvgIpc) is 3.27. The van der Waals surface area contributed by atoms with Gasteiger partial charge in [0.05, 0.1) is 6.04 Å². The Labute approximate surface area is 147 Å². The van der Waals surface area contributed by atoms with Gasteiger partial charge in [-0.05, 0) is 22.6 Å². The van der Waals surface area contributed by atoms with Crippen molar-refractivity contribution in [3.05, 3.63) is 57.8 Å². The minimum Gasteiger partial charge on any atom is -0.331 e. The van der Waals surface area contributed by atoms with Gasteiger partial charge in [0.1, 0.15) is 0 Å². The highest BCUT2D eigenvalue weighted by Gasteiger charge is 2.46. The molecule has 1 aromatic heterocycles. The normalized spacial score (nSPS) is 25.3. The molecule has 5 heteroatoms. The molecule has 2 aliphatic rings. The van der Waals surface area contributed by atoms with Gasteiger partial charge in [-0.25, -0.2) is 4.79 Å². The van der Waals surface area contributed by atoms with Crippen LogP contribution in [0, 0.1) is 5.92 Å². The van der Waals surface area contributed by atoms with E-state index in [1.165, 1.54) is 16.0 Å². The van der Waals surface area contributed by atoms with Crippen molar-refractivity contribution in [2.75, 3.05) is 27.2 Å². The van der Waals surface area contributed by atoms with E-state index in [0.717, 1.165) is 19.6 Å². The number of nitrogens with one attached hydrogen (secondary N) is 1. The Bertz CT molecular complexity index is 728. The number of nitrogens with zero attached hydrogens (tertiary/aromatic N) is 2. The van der Waals surface area contributed by atoms with E-state index in [1.807, 2.05) is 11.3 Å². The second kappa shape index (κ2) is 6.22. The van der Waals surface area contributed by atoms with Crippen molar-refractivity contribution in [2.24, 2.45) is 5.92 Å². The fourth-order valence-electron chi connectivity index (χ4n) is 4.14. The van der Waals surface area contributed by atoms with Crippen molar-refractivity contribution in [2.45, 2.75) is 18.5 Å². The molecule has 24 heavy (non-hydrogen) atoms. The monoisotopic (exact) mass is 341 g/mol. The van der Waals surface area contributed by atoms with E-state index in [2.05, 4.69) is 52.0 Å². The standard InChI is InChI=1S/C19H23N3OS/c1-21(2)19(23)20-18-15-8-4-3-7-14(15)16-11-22(12-17(16)18)10-13-6-5-9-24-13/h3-9,16-18H,10-12H2,1-2H3,(H,20,23)/t16-,17-,18-/m0/s1. The summed E-state index contributed by atoms with van der Waals surface area (Å²) >= 11 is 1.82. The van der Waals surface area contributed by atoms with Crippen molar-refractivity contribution in [3.8, 4) is 0 Å². The van der Waals surface area contributed by atoms with E-state index in [0.29, 0.717) is 11.8 Å². The molecule has 1 saturated heterocycles. The predicted octanol–water partition coefficient (Wildman–Crippen LogP) is 3.29. The molecule has 1 aliphatic carbocycles. The van der Waals surface area contributed by atoms with E-state index >= 15 is 0 Å². The second-order valence-electron chi connectivity index (χ2n) is 6.99. The molecule has 4 nitrogen and oxygen atoms in total. The summed E-state index contributed by atoms with van der Waals surface area (Å²) in [6, 6.07) is 13.1. The maximum atomic E-state index is 12.2. The van der Waals surface area contributed by atoms with Gasteiger partial charge in [0.2, 0.25) is 0 Å². The Hall–Kier alpha value is -1.85. The van der Waals surface area contributed by atoms with E-state index in [9.17, 15) is 4.79 Å². The topological polar surface area (TPSA) is 35.6 Å². The van der Waals surface area contributed by atoms with Crippen LogP contribution in [0.25, 0.3) is 0 Å². The highest BCUT2D eigenvalue weighted by atomic mass is 32.1. The van der Waals surface area contributed by atoms with Crippen LogP contribution in [-0.4, -0.2) is 43.0 Å². The molecular formula is C19H23N3OS. The van der Waals surface area contributed by atoms with Crippen LogP contribution in [0.1, 0.15) is 28.0 Å². The molecule has 1 aromatic carbocycles. The number of hydrogen-bond donors (Lipinski definition) is 1. The quantitative estimate of drug-likeness (QED) is 0.930. The lowest BCUT2D eigenvalue weighted by Gasteiger charge is -2.24. The van der Waals surface area contributed by atoms with Gasteiger partial charge in [-0.2, -0.15) is 0 Å². The molecular weight excluding hydrogens is 318 g/mol. The predicted molar refractivity (Wildman–Crippen MR) is 97.2 cm³/mol. The third kappa shape index (κ3) is 2.72. The van der Waals surface area contributed by atoms with Crippen molar-refractivity contribution >= 4 is 17.4 Å². The van der Waals surface area contributed by atoms with Crippen LogP contribution in [-0.2, 0) is 6.54 Å². The summed E-state index contributed by atoms with van der Waals surface area (Å²) in [4.78, 5) is 17.8. The summed E-state index contributed by atoms with van der Waals surface area (Å²) in [5.41, 5.74) is 2.72. The smallest absolute Gasteiger partial charge is 0.317 e. The van der Waals surface area contributed by atoms with Crippen molar-refractivity contribution in [1.82, 2.24) is 15.1 Å². The molecule has 126 valence electrons. The Morgan fingerprint density at radius 1 is 1.21 bits per heavy atom. The van der Waals surface area contributed by atoms with Crippen molar-refractivity contribution in [3.63, 3.8) is 0 Å². The van der Waals surface area contributed by atoms with E-state index < -0.39 is 0 Å². The van der Waals surface area contributed by atoms with Gasteiger partial charge in [-0.3, -0.25) is 4.90 Å². The first-order chi connectivity index (χ1) is 11.6. The van der Waals surface area contributed by atoms with Gasteiger partial charge < -0.3 is 10.2 Å². The molecule has 2 amide bonds. The summed E-state index contributed by atoms with van der Waals surface area (Å²) in [5, 5.41) is 5.39. The van der Waals surface area contributed by atoms with Gasteiger partial charge in [0, 0.05) is 50.4 Å². The first kappa shape index (κ1) is 15.7. The fourth-order valence-corrected chi connectivity index (χ4v) is 4.89. The highest BCUT2D eigenvalue weighted by molar-refractivity contribution is 7.09. The number of hydrogen-bond acceptors (Lipinski definition) is 3. The molecule has 0 radical (unpaired) electrons. The summed E-state index contributed by atoms with van der Waals surface area (Å²) in [7, 11) is 3.59. The number of benzene rings is 1. The molecule has 2 aromatic rings. The SMILES string of the molecule is CN(C)C(=O)N[C@H]1c2ccccc2[C@@H]2CN(Cc3cccs3)C[C@@H]21. The summed E-state index contributed by atoms with van der Waals surface area (Å²) < 4.78 is 0. The maximum Gasteiger partial charge on any atom is 0.317 e. The molecule has 3 atom stereocenters. The Balaban J connectivity index is 1.57. The van der Waals surface area contributed by atoms with Gasteiger partial charge >= 0.3 is 6.03 Å².